The van der Waals surface area contributed by atoms with Gasteiger partial charge in [0.1, 0.15) is 5.69 Å². The fourth-order valence-corrected chi connectivity index (χ4v) is 2.26. The number of hydrogen-bond donors (Lipinski definition) is 1. The predicted molar refractivity (Wildman–Crippen MR) is 70.7 cm³/mol. The molecule has 3 heterocycles. The molecule has 0 unspecified atom stereocenters. The van der Waals surface area contributed by atoms with Crippen molar-refractivity contribution in [1.29, 1.82) is 0 Å². The number of nitrogens with one attached hydrogen (secondary N) is 1. The van der Waals surface area contributed by atoms with Crippen molar-refractivity contribution >= 4 is 5.95 Å². The van der Waals surface area contributed by atoms with Gasteiger partial charge in [0.25, 0.3) is 5.92 Å². The molecule has 106 valence electrons. The van der Waals surface area contributed by atoms with Crippen LogP contribution in [0.1, 0.15) is 18.5 Å². The van der Waals surface area contributed by atoms with Crippen LogP contribution >= 0.6 is 0 Å². The van der Waals surface area contributed by atoms with E-state index in [4.69, 9.17) is 0 Å². The maximum atomic E-state index is 13.2. The molecule has 0 saturated carbocycles. The number of hydrogen-bond acceptors (Lipinski definition) is 4. The van der Waals surface area contributed by atoms with Gasteiger partial charge in [0.2, 0.25) is 5.95 Å². The van der Waals surface area contributed by atoms with Crippen molar-refractivity contribution in [2.75, 3.05) is 18.0 Å². The number of anilines is 1. The molecule has 1 N–H and O–H groups in total. The van der Waals surface area contributed by atoms with Gasteiger partial charge in [0.05, 0.1) is 12.0 Å². The Morgan fingerprint density at radius 3 is 2.60 bits per heavy atom. The fraction of sp³-hybridized carbons (Fsp3) is 0.462. The second-order valence-electron chi connectivity index (χ2n) is 4.99. The number of H-pyrrole nitrogens is 1. The molecule has 3 rings (SSSR count). The molecule has 0 radical (unpaired) electrons. The summed E-state index contributed by atoms with van der Waals surface area (Å²) in [6.45, 7) is 2.41. The number of alkyl halides is 2. The fourth-order valence-electron chi connectivity index (χ4n) is 2.26. The Labute approximate surface area is 115 Å². The van der Waals surface area contributed by atoms with Gasteiger partial charge < -0.3 is 9.88 Å². The third-order valence-electron chi connectivity index (χ3n) is 3.38. The van der Waals surface area contributed by atoms with Crippen LogP contribution in [0.5, 0.6) is 0 Å². The van der Waals surface area contributed by atoms with Crippen LogP contribution in [0, 0.1) is 6.92 Å². The number of piperidine rings is 1. The lowest BCUT2D eigenvalue weighted by molar-refractivity contribution is -0.0222. The van der Waals surface area contributed by atoms with E-state index in [1.54, 1.807) is 17.4 Å². The molecule has 5 nitrogen and oxygen atoms in total. The van der Waals surface area contributed by atoms with Crippen LogP contribution in [0.4, 0.5) is 14.7 Å². The van der Waals surface area contributed by atoms with Crippen molar-refractivity contribution in [3.05, 3.63) is 24.3 Å². The summed E-state index contributed by atoms with van der Waals surface area (Å²) >= 11 is 0. The van der Waals surface area contributed by atoms with Crippen LogP contribution in [-0.4, -0.2) is 38.9 Å². The molecule has 0 amide bonds. The Balaban J connectivity index is 1.87. The summed E-state index contributed by atoms with van der Waals surface area (Å²) in [5.74, 6) is -2.07. The van der Waals surface area contributed by atoms with Gasteiger partial charge in [0.15, 0.2) is 0 Å². The Morgan fingerprint density at radius 2 is 1.95 bits per heavy atom. The molecule has 1 aliphatic rings. The lowest BCUT2D eigenvalue weighted by atomic mass is 10.1. The number of rotatable bonds is 2. The van der Waals surface area contributed by atoms with E-state index in [0.29, 0.717) is 11.6 Å². The Morgan fingerprint density at radius 1 is 1.20 bits per heavy atom. The predicted octanol–water partition coefficient (Wildman–Crippen LogP) is 2.41. The van der Waals surface area contributed by atoms with Gasteiger partial charge in [-0.25, -0.2) is 23.7 Å². The first-order valence-electron chi connectivity index (χ1n) is 6.51. The number of aryl methyl sites for hydroxylation is 1. The minimum absolute atomic E-state index is 0.151. The highest BCUT2D eigenvalue weighted by Crippen LogP contribution is 2.29. The van der Waals surface area contributed by atoms with E-state index in [-0.39, 0.29) is 25.9 Å². The zero-order valence-electron chi connectivity index (χ0n) is 11.1. The SMILES string of the molecule is Cc1cc(-c2c[nH]cn2)nc(N2CCC(F)(F)CC2)n1. The average molecular weight is 279 g/mol. The van der Waals surface area contributed by atoms with E-state index in [1.165, 1.54) is 0 Å². The normalized spacial score (nSPS) is 18.2. The van der Waals surface area contributed by atoms with E-state index in [2.05, 4.69) is 19.9 Å². The van der Waals surface area contributed by atoms with E-state index in [1.807, 2.05) is 13.0 Å². The highest BCUT2D eigenvalue weighted by molar-refractivity contribution is 5.55. The summed E-state index contributed by atoms with van der Waals surface area (Å²) in [5.41, 5.74) is 2.22. The largest absolute Gasteiger partial charge is 0.351 e. The van der Waals surface area contributed by atoms with Crippen molar-refractivity contribution in [3.8, 4) is 11.4 Å². The number of imidazole rings is 1. The molecule has 0 aliphatic carbocycles. The molecule has 0 bridgehead atoms. The Hall–Kier alpha value is -2.05. The average Bonchev–Trinajstić information content (AvgIpc) is 2.91. The van der Waals surface area contributed by atoms with Crippen LogP contribution in [-0.2, 0) is 0 Å². The van der Waals surface area contributed by atoms with Crippen LogP contribution in [0.25, 0.3) is 11.4 Å². The second kappa shape index (κ2) is 4.81. The van der Waals surface area contributed by atoms with Gasteiger partial charge in [-0.05, 0) is 13.0 Å². The number of halogens is 2. The second-order valence-corrected chi connectivity index (χ2v) is 4.99. The van der Waals surface area contributed by atoms with Crippen LogP contribution in [0.2, 0.25) is 0 Å². The number of aromatic amines is 1. The molecule has 0 atom stereocenters. The van der Waals surface area contributed by atoms with Gasteiger partial charge in [-0.15, -0.1) is 0 Å². The van der Waals surface area contributed by atoms with Gasteiger partial charge in [-0.3, -0.25) is 0 Å². The third-order valence-corrected chi connectivity index (χ3v) is 3.38. The smallest absolute Gasteiger partial charge is 0.251 e. The zero-order valence-corrected chi connectivity index (χ0v) is 11.1. The Bertz CT molecular complexity index is 587. The highest BCUT2D eigenvalue weighted by Gasteiger charge is 2.34. The van der Waals surface area contributed by atoms with Gasteiger partial charge in [-0.1, -0.05) is 0 Å². The van der Waals surface area contributed by atoms with Crippen molar-refractivity contribution in [1.82, 2.24) is 19.9 Å². The molecule has 2 aromatic rings. The summed E-state index contributed by atoms with van der Waals surface area (Å²) in [7, 11) is 0. The minimum Gasteiger partial charge on any atom is -0.351 e. The topological polar surface area (TPSA) is 57.7 Å². The molecule has 1 fully saturated rings. The summed E-state index contributed by atoms with van der Waals surface area (Å²) in [4.78, 5) is 17.6. The van der Waals surface area contributed by atoms with Gasteiger partial charge in [0, 0.05) is 37.8 Å². The first-order chi connectivity index (χ1) is 9.53. The van der Waals surface area contributed by atoms with Crippen LogP contribution in [0.3, 0.4) is 0 Å². The molecule has 0 spiro atoms. The van der Waals surface area contributed by atoms with E-state index in [0.717, 1.165) is 11.4 Å². The maximum Gasteiger partial charge on any atom is 0.251 e. The van der Waals surface area contributed by atoms with Crippen molar-refractivity contribution in [2.45, 2.75) is 25.7 Å². The zero-order chi connectivity index (χ0) is 14.2. The van der Waals surface area contributed by atoms with E-state index >= 15 is 0 Å². The summed E-state index contributed by atoms with van der Waals surface area (Å²) in [5, 5.41) is 0. The van der Waals surface area contributed by atoms with Crippen LogP contribution < -0.4 is 4.90 Å². The molecule has 1 saturated heterocycles. The van der Waals surface area contributed by atoms with Gasteiger partial charge in [-0.2, -0.15) is 0 Å². The van der Waals surface area contributed by atoms with Gasteiger partial charge >= 0.3 is 0 Å². The first-order valence-corrected chi connectivity index (χ1v) is 6.51. The molecule has 1 aliphatic heterocycles. The summed E-state index contributed by atoms with van der Waals surface area (Å²) in [6, 6.07) is 1.83. The van der Waals surface area contributed by atoms with Crippen molar-refractivity contribution < 1.29 is 8.78 Å². The van der Waals surface area contributed by atoms with Crippen LogP contribution in [0.15, 0.2) is 18.6 Å². The number of nitrogens with zero attached hydrogens (tertiary/aromatic N) is 4. The lowest BCUT2D eigenvalue weighted by Gasteiger charge is -2.31. The molecule has 2 aromatic heterocycles. The molecule has 0 aromatic carbocycles. The summed E-state index contributed by atoms with van der Waals surface area (Å²) < 4.78 is 26.4. The highest BCUT2D eigenvalue weighted by atomic mass is 19.3. The molecule has 7 heteroatoms. The van der Waals surface area contributed by atoms with E-state index in [9.17, 15) is 8.78 Å². The standard InChI is InChI=1S/C13H15F2N5/c1-9-6-10(11-7-16-8-17-11)19-12(18-9)20-4-2-13(14,15)3-5-20/h6-8H,2-5H2,1H3,(H,16,17). The molecular formula is C13H15F2N5. The first kappa shape index (κ1) is 13.0. The van der Waals surface area contributed by atoms with Crippen molar-refractivity contribution in [2.24, 2.45) is 0 Å². The van der Waals surface area contributed by atoms with Crippen molar-refractivity contribution in [3.63, 3.8) is 0 Å². The van der Waals surface area contributed by atoms with E-state index < -0.39 is 5.92 Å². The summed E-state index contributed by atoms with van der Waals surface area (Å²) in [6.07, 6.45) is 3.02. The monoisotopic (exact) mass is 279 g/mol. The lowest BCUT2D eigenvalue weighted by Crippen LogP contribution is -2.40. The number of aromatic nitrogens is 4. The third kappa shape index (κ3) is 2.61. The molecule has 20 heavy (non-hydrogen) atoms. The maximum absolute atomic E-state index is 13.2. The molecular weight excluding hydrogens is 264 g/mol. The minimum atomic E-state index is -2.56. The quantitative estimate of drug-likeness (QED) is 0.917. The Kier molecular flexibility index (Phi) is 3.11.